The van der Waals surface area contributed by atoms with Crippen LogP contribution in [-0.4, -0.2) is 51.9 Å². The summed E-state index contributed by atoms with van der Waals surface area (Å²) in [6.45, 7) is 1.24. The molecule has 202 valence electrons. The smallest absolute Gasteiger partial charge is 0.264 e. The number of methoxy groups -OCH3 is 1. The van der Waals surface area contributed by atoms with E-state index in [2.05, 4.69) is 5.32 Å². The summed E-state index contributed by atoms with van der Waals surface area (Å²) in [5.74, 6) is -0.742. The molecular weight excluding hydrogens is 549 g/mol. The van der Waals surface area contributed by atoms with Gasteiger partial charge in [0.05, 0.1) is 17.7 Å². The zero-order valence-electron chi connectivity index (χ0n) is 21.2. The summed E-state index contributed by atoms with van der Waals surface area (Å²) in [5.41, 5.74) is 0.819. The van der Waals surface area contributed by atoms with Crippen LogP contribution in [0.1, 0.15) is 18.9 Å². The minimum atomic E-state index is -4.24. The Balaban J connectivity index is 2.11. The summed E-state index contributed by atoms with van der Waals surface area (Å²) >= 11 is 12.2. The molecule has 0 unspecified atom stereocenters. The van der Waals surface area contributed by atoms with Gasteiger partial charge in [-0.15, -0.1) is 0 Å². The number of nitrogens with zero attached hydrogens (tertiary/aromatic N) is 2. The van der Waals surface area contributed by atoms with Crippen LogP contribution in [0.15, 0.2) is 77.7 Å². The average Bonchev–Trinajstić information content (AvgIpc) is 2.92. The lowest BCUT2D eigenvalue weighted by molar-refractivity contribution is -0.140. The maximum atomic E-state index is 13.9. The van der Waals surface area contributed by atoms with Crippen LogP contribution in [-0.2, 0) is 26.2 Å². The number of likely N-dealkylation sites (N-methyl/N-ethyl adjacent to an activating group) is 1. The number of benzene rings is 3. The van der Waals surface area contributed by atoms with E-state index in [4.69, 9.17) is 27.9 Å². The lowest BCUT2D eigenvalue weighted by atomic mass is 10.1. The third-order valence-electron chi connectivity index (χ3n) is 5.92. The van der Waals surface area contributed by atoms with Crippen molar-refractivity contribution >= 4 is 50.7 Å². The highest BCUT2D eigenvalue weighted by Crippen LogP contribution is 2.35. The van der Waals surface area contributed by atoms with Crippen molar-refractivity contribution in [2.75, 3.05) is 25.0 Å². The van der Waals surface area contributed by atoms with Crippen molar-refractivity contribution in [1.29, 1.82) is 0 Å². The molecule has 0 aromatic heterocycles. The topological polar surface area (TPSA) is 96.0 Å². The Morgan fingerprint density at radius 2 is 1.61 bits per heavy atom. The summed E-state index contributed by atoms with van der Waals surface area (Å²) in [6, 6.07) is 18.3. The van der Waals surface area contributed by atoms with E-state index >= 15 is 0 Å². The number of halogens is 2. The number of hydrogen-bond donors (Lipinski definition) is 1. The number of amides is 2. The minimum Gasteiger partial charge on any atom is -0.495 e. The number of carbonyl (C=O) groups is 2. The van der Waals surface area contributed by atoms with Crippen molar-refractivity contribution in [2.45, 2.75) is 30.8 Å². The Morgan fingerprint density at radius 3 is 2.18 bits per heavy atom. The predicted molar refractivity (Wildman–Crippen MR) is 149 cm³/mol. The highest BCUT2D eigenvalue weighted by atomic mass is 35.5. The Bertz CT molecular complexity index is 1370. The summed E-state index contributed by atoms with van der Waals surface area (Å²) < 4.78 is 34.1. The molecule has 0 radical (unpaired) electrons. The van der Waals surface area contributed by atoms with Gasteiger partial charge >= 0.3 is 0 Å². The van der Waals surface area contributed by atoms with Gasteiger partial charge in [-0.1, -0.05) is 60.5 Å². The maximum absolute atomic E-state index is 13.9. The van der Waals surface area contributed by atoms with E-state index in [0.717, 1.165) is 9.87 Å². The Labute approximate surface area is 233 Å². The first kappa shape index (κ1) is 29.3. The summed E-state index contributed by atoms with van der Waals surface area (Å²) in [7, 11) is -1.36. The van der Waals surface area contributed by atoms with Gasteiger partial charge in [0.1, 0.15) is 18.3 Å². The number of sulfonamides is 1. The quantitative estimate of drug-likeness (QED) is 0.354. The standard InChI is InChI=1S/C27H29Cl2N3O5S/c1-4-23(27(34)30-2)31(17-19-10-12-20(28)13-11-19)26(33)18-32(24-16-21(29)14-15-25(24)37-3)38(35,36)22-8-6-5-7-9-22/h5-16,23H,4,17-18H2,1-3H3,(H,30,34)/t23-/m0/s1. The van der Waals surface area contributed by atoms with Crippen molar-refractivity contribution in [3.8, 4) is 5.75 Å². The minimum absolute atomic E-state index is 0.0163. The van der Waals surface area contributed by atoms with Crippen LogP contribution in [0.5, 0.6) is 5.75 Å². The SMILES string of the molecule is CC[C@@H](C(=O)NC)N(Cc1ccc(Cl)cc1)C(=O)CN(c1cc(Cl)ccc1OC)S(=O)(=O)c1ccccc1. The molecule has 0 bridgehead atoms. The number of rotatable bonds is 11. The zero-order chi connectivity index (χ0) is 27.9. The van der Waals surface area contributed by atoms with Gasteiger partial charge < -0.3 is 15.0 Å². The lowest BCUT2D eigenvalue weighted by Gasteiger charge is -2.33. The van der Waals surface area contributed by atoms with Crippen molar-refractivity contribution in [3.05, 3.63) is 88.4 Å². The molecule has 0 aliphatic rings. The van der Waals surface area contributed by atoms with Crippen molar-refractivity contribution in [1.82, 2.24) is 10.2 Å². The van der Waals surface area contributed by atoms with Gasteiger partial charge in [0.15, 0.2) is 0 Å². The molecular formula is C27H29Cl2N3O5S. The second kappa shape index (κ2) is 13.0. The average molecular weight is 579 g/mol. The Morgan fingerprint density at radius 1 is 0.974 bits per heavy atom. The number of hydrogen-bond acceptors (Lipinski definition) is 5. The number of nitrogens with one attached hydrogen (secondary N) is 1. The molecule has 11 heteroatoms. The summed E-state index contributed by atoms with van der Waals surface area (Å²) in [6.07, 6.45) is 0.310. The maximum Gasteiger partial charge on any atom is 0.264 e. The molecule has 2 amide bonds. The molecule has 0 fully saturated rings. The molecule has 0 saturated carbocycles. The van der Waals surface area contributed by atoms with Gasteiger partial charge in [-0.2, -0.15) is 0 Å². The fourth-order valence-electron chi connectivity index (χ4n) is 3.96. The Hall–Kier alpha value is -3.27. The molecule has 1 N–H and O–H groups in total. The molecule has 8 nitrogen and oxygen atoms in total. The van der Waals surface area contributed by atoms with Crippen LogP contribution >= 0.6 is 23.2 Å². The largest absolute Gasteiger partial charge is 0.495 e. The van der Waals surface area contributed by atoms with Gasteiger partial charge in [0, 0.05) is 23.6 Å². The van der Waals surface area contributed by atoms with E-state index in [1.54, 1.807) is 55.5 Å². The zero-order valence-corrected chi connectivity index (χ0v) is 23.6. The molecule has 0 heterocycles. The number of anilines is 1. The first-order valence-corrected chi connectivity index (χ1v) is 14.0. The first-order chi connectivity index (χ1) is 18.1. The van der Waals surface area contributed by atoms with E-state index in [9.17, 15) is 18.0 Å². The Kier molecular flexibility index (Phi) is 10.0. The van der Waals surface area contributed by atoms with Crippen LogP contribution in [0.2, 0.25) is 10.0 Å². The number of carbonyl (C=O) groups excluding carboxylic acids is 2. The molecule has 3 rings (SSSR count). The van der Waals surface area contributed by atoms with Gasteiger partial charge in [-0.05, 0) is 54.4 Å². The summed E-state index contributed by atoms with van der Waals surface area (Å²) in [4.78, 5) is 28.0. The molecule has 0 saturated heterocycles. The normalized spacial score (nSPS) is 11.9. The molecule has 38 heavy (non-hydrogen) atoms. The van der Waals surface area contributed by atoms with E-state index in [1.165, 1.54) is 43.3 Å². The third-order valence-corrected chi connectivity index (χ3v) is 8.18. The predicted octanol–water partition coefficient (Wildman–Crippen LogP) is 4.75. The van der Waals surface area contributed by atoms with Crippen LogP contribution in [0, 0.1) is 0 Å². The molecule has 0 spiro atoms. The fraction of sp³-hybridized carbons (Fsp3) is 0.259. The van der Waals surface area contributed by atoms with Crippen molar-refractivity contribution in [3.63, 3.8) is 0 Å². The van der Waals surface area contributed by atoms with Gasteiger partial charge in [0.2, 0.25) is 11.8 Å². The van der Waals surface area contributed by atoms with E-state index in [1.807, 2.05) is 0 Å². The fourth-order valence-corrected chi connectivity index (χ4v) is 5.69. The third kappa shape index (κ3) is 6.78. The van der Waals surface area contributed by atoms with E-state index < -0.39 is 28.5 Å². The molecule has 0 aliphatic heterocycles. The molecule has 3 aromatic carbocycles. The van der Waals surface area contributed by atoms with Crippen LogP contribution in [0.25, 0.3) is 0 Å². The van der Waals surface area contributed by atoms with E-state index in [-0.39, 0.29) is 33.8 Å². The molecule has 1 atom stereocenters. The molecule has 0 aliphatic carbocycles. The highest BCUT2D eigenvalue weighted by molar-refractivity contribution is 7.92. The molecule has 3 aromatic rings. The van der Waals surface area contributed by atoms with Crippen LogP contribution < -0.4 is 14.4 Å². The number of ether oxygens (including phenoxy) is 1. The summed E-state index contributed by atoms with van der Waals surface area (Å²) in [5, 5.41) is 3.38. The van der Waals surface area contributed by atoms with Crippen LogP contribution in [0.4, 0.5) is 5.69 Å². The second-order valence-corrected chi connectivity index (χ2v) is 11.1. The van der Waals surface area contributed by atoms with Gasteiger partial charge in [0.25, 0.3) is 10.0 Å². The van der Waals surface area contributed by atoms with Crippen molar-refractivity contribution < 1.29 is 22.7 Å². The van der Waals surface area contributed by atoms with Crippen LogP contribution in [0.3, 0.4) is 0 Å². The lowest BCUT2D eigenvalue weighted by Crippen LogP contribution is -2.51. The van der Waals surface area contributed by atoms with Gasteiger partial charge in [-0.25, -0.2) is 8.42 Å². The van der Waals surface area contributed by atoms with Gasteiger partial charge in [-0.3, -0.25) is 13.9 Å². The van der Waals surface area contributed by atoms with E-state index in [0.29, 0.717) is 11.4 Å². The monoisotopic (exact) mass is 577 g/mol. The highest BCUT2D eigenvalue weighted by Gasteiger charge is 2.34. The second-order valence-electron chi connectivity index (χ2n) is 8.33. The first-order valence-electron chi connectivity index (χ1n) is 11.8. The van der Waals surface area contributed by atoms with Crippen molar-refractivity contribution in [2.24, 2.45) is 0 Å².